The van der Waals surface area contributed by atoms with Gasteiger partial charge < -0.3 is 5.32 Å². The third kappa shape index (κ3) is 5.61. The topological polar surface area (TPSA) is 66.5 Å². The first-order valence-corrected chi connectivity index (χ1v) is 11.0. The Kier molecular flexibility index (Phi) is 7.14. The summed E-state index contributed by atoms with van der Waals surface area (Å²) in [5, 5.41) is 3.19. The minimum atomic E-state index is -3.74. The number of benzene rings is 2. The summed E-state index contributed by atoms with van der Waals surface area (Å²) in [5.41, 5.74) is 2.26. The maximum absolute atomic E-state index is 12.6. The van der Waals surface area contributed by atoms with Crippen LogP contribution in [0.15, 0.2) is 42.5 Å². The van der Waals surface area contributed by atoms with Crippen LogP contribution in [-0.4, -0.2) is 27.1 Å². The van der Waals surface area contributed by atoms with Gasteiger partial charge >= 0.3 is 0 Å². The number of hydrogen-bond acceptors (Lipinski definition) is 3. The van der Waals surface area contributed by atoms with Crippen molar-refractivity contribution in [3.63, 3.8) is 0 Å². The molecule has 146 valence electrons. The van der Waals surface area contributed by atoms with Gasteiger partial charge in [0.05, 0.1) is 28.0 Å². The normalized spacial score (nSPS) is 12.5. The summed E-state index contributed by atoms with van der Waals surface area (Å²) in [6.45, 7) is 3.55. The number of sulfonamides is 1. The van der Waals surface area contributed by atoms with Crippen LogP contribution in [0.4, 0.5) is 5.69 Å². The predicted molar refractivity (Wildman–Crippen MR) is 111 cm³/mol. The Bertz CT molecular complexity index is 915. The highest BCUT2D eigenvalue weighted by Crippen LogP contribution is 2.33. The fourth-order valence-corrected chi connectivity index (χ4v) is 3.97. The van der Waals surface area contributed by atoms with Crippen LogP contribution in [-0.2, 0) is 14.8 Å². The Morgan fingerprint density at radius 3 is 2.33 bits per heavy atom. The van der Waals surface area contributed by atoms with Gasteiger partial charge in [-0.25, -0.2) is 8.42 Å². The highest BCUT2D eigenvalue weighted by atomic mass is 35.5. The molecule has 1 amide bonds. The van der Waals surface area contributed by atoms with Crippen LogP contribution in [0.25, 0.3) is 0 Å². The molecule has 0 saturated carbocycles. The van der Waals surface area contributed by atoms with E-state index in [1.807, 2.05) is 38.1 Å². The molecule has 0 aliphatic rings. The minimum absolute atomic E-state index is 0.0861. The molecule has 1 N–H and O–H groups in total. The van der Waals surface area contributed by atoms with Crippen molar-refractivity contribution in [3.05, 3.63) is 63.6 Å². The lowest BCUT2D eigenvalue weighted by molar-refractivity contribution is -0.120. The molecule has 0 fully saturated rings. The molecule has 0 aliphatic carbocycles. The van der Waals surface area contributed by atoms with Gasteiger partial charge in [0.25, 0.3) is 0 Å². The van der Waals surface area contributed by atoms with Crippen molar-refractivity contribution in [2.24, 2.45) is 0 Å². The van der Waals surface area contributed by atoms with Crippen LogP contribution < -0.4 is 9.62 Å². The smallest absolute Gasteiger partial charge is 0.241 e. The van der Waals surface area contributed by atoms with Crippen molar-refractivity contribution in [1.29, 1.82) is 0 Å². The molecule has 5 nitrogen and oxygen atoms in total. The molecule has 0 aromatic heterocycles. The number of aryl methyl sites for hydroxylation is 1. The van der Waals surface area contributed by atoms with Crippen molar-refractivity contribution in [1.82, 2.24) is 5.32 Å². The van der Waals surface area contributed by atoms with Gasteiger partial charge in [-0.05, 0) is 31.0 Å². The number of halogens is 2. The molecule has 2 aromatic rings. The summed E-state index contributed by atoms with van der Waals surface area (Å²) >= 11 is 12.1. The van der Waals surface area contributed by atoms with E-state index in [0.717, 1.165) is 21.7 Å². The summed E-state index contributed by atoms with van der Waals surface area (Å²) in [5.74, 6) is -0.427. The average molecular weight is 429 g/mol. The molecule has 1 atom stereocenters. The second-order valence-electron chi connectivity index (χ2n) is 6.28. The van der Waals surface area contributed by atoms with Crippen molar-refractivity contribution in [3.8, 4) is 0 Å². The van der Waals surface area contributed by atoms with Gasteiger partial charge in [0.2, 0.25) is 15.9 Å². The number of hydrogen-bond donors (Lipinski definition) is 1. The monoisotopic (exact) mass is 428 g/mol. The number of anilines is 1. The molecule has 0 spiro atoms. The van der Waals surface area contributed by atoms with Crippen LogP contribution in [0.5, 0.6) is 0 Å². The zero-order chi connectivity index (χ0) is 20.2. The molecule has 2 aromatic carbocycles. The number of rotatable bonds is 7. The van der Waals surface area contributed by atoms with E-state index in [4.69, 9.17) is 23.2 Å². The average Bonchev–Trinajstić information content (AvgIpc) is 2.60. The van der Waals surface area contributed by atoms with E-state index in [1.54, 1.807) is 12.1 Å². The summed E-state index contributed by atoms with van der Waals surface area (Å²) in [7, 11) is -3.74. The van der Waals surface area contributed by atoms with Gasteiger partial charge in [0.1, 0.15) is 6.54 Å². The van der Waals surface area contributed by atoms with Gasteiger partial charge in [-0.2, -0.15) is 0 Å². The Labute approximate surface area is 170 Å². The van der Waals surface area contributed by atoms with E-state index in [9.17, 15) is 13.2 Å². The van der Waals surface area contributed by atoms with E-state index in [0.29, 0.717) is 6.42 Å². The first kappa shape index (κ1) is 21.5. The second-order valence-corrected chi connectivity index (χ2v) is 8.97. The standard InChI is InChI=1S/C19H22Cl2N2O3S/c1-4-16(14-10-8-13(2)9-11-14)22-18(24)12-23(27(3,25)26)17-7-5-6-15(20)19(17)21/h5-11,16H,4,12H2,1-3H3,(H,22,24)/t16-/m1/s1. The van der Waals surface area contributed by atoms with Crippen molar-refractivity contribution >= 4 is 44.8 Å². The maximum Gasteiger partial charge on any atom is 0.241 e. The molecular formula is C19H22Cl2N2O3S. The van der Waals surface area contributed by atoms with E-state index in [2.05, 4.69) is 5.32 Å². The lowest BCUT2D eigenvalue weighted by atomic mass is 10.0. The van der Waals surface area contributed by atoms with Crippen molar-refractivity contribution in [2.45, 2.75) is 26.3 Å². The predicted octanol–water partition coefficient (Wildman–Crippen LogP) is 4.34. The van der Waals surface area contributed by atoms with Gasteiger partial charge in [-0.15, -0.1) is 0 Å². The summed E-state index contributed by atoms with van der Waals surface area (Å²) in [6, 6.07) is 12.3. The molecule has 2 rings (SSSR count). The van der Waals surface area contributed by atoms with Gasteiger partial charge in [0, 0.05) is 0 Å². The van der Waals surface area contributed by atoms with Crippen LogP contribution in [0.2, 0.25) is 10.0 Å². The zero-order valence-corrected chi connectivity index (χ0v) is 17.7. The number of carbonyl (C=O) groups excluding carboxylic acids is 1. The van der Waals surface area contributed by atoms with Crippen molar-refractivity contribution in [2.75, 3.05) is 17.1 Å². The Balaban J connectivity index is 2.23. The van der Waals surface area contributed by atoms with E-state index < -0.39 is 15.9 Å². The molecule has 0 aliphatic heterocycles. The number of amides is 1. The summed E-state index contributed by atoms with van der Waals surface area (Å²) < 4.78 is 25.4. The van der Waals surface area contributed by atoms with Crippen LogP contribution in [0.3, 0.4) is 0 Å². The molecule has 27 heavy (non-hydrogen) atoms. The number of nitrogens with one attached hydrogen (secondary N) is 1. The molecule has 0 saturated heterocycles. The largest absolute Gasteiger partial charge is 0.348 e. The van der Waals surface area contributed by atoms with E-state index in [-0.39, 0.29) is 28.3 Å². The first-order valence-electron chi connectivity index (χ1n) is 8.41. The van der Waals surface area contributed by atoms with E-state index >= 15 is 0 Å². The molecule has 0 unspecified atom stereocenters. The minimum Gasteiger partial charge on any atom is -0.348 e. The van der Waals surface area contributed by atoms with Crippen LogP contribution in [0.1, 0.15) is 30.5 Å². The Hall–Kier alpha value is -1.76. The van der Waals surface area contributed by atoms with Crippen molar-refractivity contribution < 1.29 is 13.2 Å². The quantitative estimate of drug-likeness (QED) is 0.712. The second kappa shape index (κ2) is 8.95. The molecule has 0 bridgehead atoms. The first-order chi connectivity index (χ1) is 12.6. The summed E-state index contributed by atoms with van der Waals surface area (Å²) in [4.78, 5) is 12.6. The molecule has 0 radical (unpaired) electrons. The van der Waals surface area contributed by atoms with E-state index in [1.165, 1.54) is 6.07 Å². The highest BCUT2D eigenvalue weighted by molar-refractivity contribution is 7.92. The SMILES string of the molecule is CC[C@@H](NC(=O)CN(c1cccc(Cl)c1Cl)S(C)(=O)=O)c1ccc(C)cc1. The highest BCUT2D eigenvalue weighted by Gasteiger charge is 2.25. The zero-order valence-electron chi connectivity index (χ0n) is 15.4. The maximum atomic E-state index is 12.6. The lowest BCUT2D eigenvalue weighted by Gasteiger charge is -2.25. The number of carbonyl (C=O) groups is 1. The number of nitrogens with zero attached hydrogens (tertiary/aromatic N) is 1. The lowest BCUT2D eigenvalue weighted by Crippen LogP contribution is -2.41. The fraction of sp³-hybridized carbons (Fsp3) is 0.316. The third-order valence-corrected chi connectivity index (χ3v) is 6.05. The molecular weight excluding hydrogens is 407 g/mol. The van der Waals surface area contributed by atoms with Crippen LogP contribution in [0, 0.1) is 6.92 Å². The van der Waals surface area contributed by atoms with Gasteiger partial charge in [-0.1, -0.05) is 66.0 Å². The Morgan fingerprint density at radius 2 is 1.78 bits per heavy atom. The third-order valence-electron chi connectivity index (χ3n) is 4.11. The molecule has 8 heteroatoms. The summed E-state index contributed by atoms with van der Waals surface area (Å²) in [6.07, 6.45) is 1.69. The van der Waals surface area contributed by atoms with Gasteiger partial charge in [-0.3, -0.25) is 9.10 Å². The van der Waals surface area contributed by atoms with Gasteiger partial charge in [0.15, 0.2) is 0 Å². The fourth-order valence-electron chi connectivity index (χ4n) is 2.66. The molecule has 0 heterocycles. The van der Waals surface area contributed by atoms with Crippen LogP contribution >= 0.6 is 23.2 Å². The Morgan fingerprint density at radius 1 is 1.15 bits per heavy atom.